The largest absolute Gasteiger partial charge is 0.385 e. The number of hydrogen-bond donors (Lipinski definition) is 1. The first-order valence-electron chi connectivity index (χ1n) is 5.64. The first-order chi connectivity index (χ1) is 7.70. The van der Waals surface area contributed by atoms with Crippen molar-refractivity contribution in [2.75, 3.05) is 11.9 Å². The van der Waals surface area contributed by atoms with Crippen LogP contribution in [0.15, 0.2) is 18.2 Å². The molecule has 1 aliphatic rings. The van der Waals surface area contributed by atoms with E-state index in [2.05, 4.69) is 18.3 Å². The van der Waals surface area contributed by atoms with Gasteiger partial charge in [0.05, 0.1) is 10.6 Å². The van der Waals surface area contributed by atoms with Crippen molar-refractivity contribution in [3.63, 3.8) is 0 Å². The summed E-state index contributed by atoms with van der Waals surface area (Å²) in [7, 11) is 0. The van der Waals surface area contributed by atoms with Crippen LogP contribution in [-0.2, 0) is 0 Å². The van der Waals surface area contributed by atoms with E-state index in [1.807, 2.05) is 12.1 Å². The van der Waals surface area contributed by atoms with Crippen LogP contribution in [-0.4, -0.2) is 6.54 Å². The second kappa shape index (κ2) is 4.76. The molecule has 0 radical (unpaired) electrons. The molecule has 0 aromatic heterocycles. The molecule has 0 heterocycles. The number of nitriles is 1. The summed E-state index contributed by atoms with van der Waals surface area (Å²) in [5, 5.41) is 12.6. The summed E-state index contributed by atoms with van der Waals surface area (Å²) in [4.78, 5) is 0. The van der Waals surface area contributed by atoms with E-state index in [4.69, 9.17) is 16.9 Å². The van der Waals surface area contributed by atoms with Crippen LogP contribution in [0.2, 0.25) is 5.02 Å². The van der Waals surface area contributed by atoms with E-state index in [0.29, 0.717) is 10.6 Å². The second-order valence-corrected chi connectivity index (χ2v) is 4.91. The molecule has 0 aliphatic heterocycles. The average Bonchev–Trinajstić information content (AvgIpc) is 3.10. The van der Waals surface area contributed by atoms with Crippen molar-refractivity contribution in [1.82, 2.24) is 0 Å². The summed E-state index contributed by atoms with van der Waals surface area (Å²) in [6, 6.07) is 7.54. The zero-order valence-electron chi connectivity index (χ0n) is 9.33. The highest BCUT2D eigenvalue weighted by molar-refractivity contribution is 6.32. The predicted octanol–water partition coefficient (Wildman–Crippen LogP) is 3.67. The van der Waals surface area contributed by atoms with Gasteiger partial charge in [0.2, 0.25) is 0 Å². The van der Waals surface area contributed by atoms with Gasteiger partial charge < -0.3 is 5.32 Å². The standard InChI is InChI=1S/C13H15ClN2/c1-9(10-2-3-10)8-16-12-5-4-11(7-15)13(14)6-12/h4-6,9-10,16H,2-3,8H2,1H3. The van der Waals surface area contributed by atoms with Crippen LogP contribution in [0.25, 0.3) is 0 Å². The van der Waals surface area contributed by atoms with Crippen molar-refractivity contribution in [3.8, 4) is 6.07 Å². The highest BCUT2D eigenvalue weighted by atomic mass is 35.5. The van der Waals surface area contributed by atoms with Gasteiger partial charge in [0.15, 0.2) is 0 Å². The molecular formula is C13H15ClN2. The molecule has 1 aromatic carbocycles. The molecule has 2 rings (SSSR count). The normalized spacial score (nSPS) is 16.6. The van der Waals surface area contributed by atoms with Crippen LogP contribution in [0, 0.1) is 23.2 Å². The Balaban J connectivity index is 1.94. The van der Waals surface area contributed by atoms with E-state index in [9.17, 15) is 0 Å². The van der Waals surface area contributed by atoms with E-state index in [1.54, 1.807) is 6.07 Å². The fraction of sp³-hybridized carbons (Fsp3) is 0.462. The van der Waals surface area contributed by atoms with Crippen LogP contribution in [0.1, 0.15) is 25.3 Å². The van der Waals surface area contributed by atoms with Crippen molar-refractivity contribution in [3.05, 3.63) is 28.8 Å². The number of nitrogens with zero attached hydrogens (tertiary/aromatic N) is 1. The summed E-state index contributed by atoms with van der Waals surface area (Å²) < 4.78 is 0. The van der Waals surface area contributed by atoms with Crippen molar-refractivity contribution >= 4 is 17.3 Å². The molecule has 1 saturated carbocycles. The third kappa shape index (κ3) is 2.68. The molecule has 0 saturated heterocycles. The Hall–Kier alpha value is -1.20. The molecule has 2 nitrogen and oxygen atoms in total. The van der Waals surface area contributed by atoms with Gasteiger partial charge in [-0.05, 0) is 42.9 Å². The lowest BCUT2D eigenvalue weighted by molar-refractivity contribution is 0.536. The average molecular weight is 235 g/mol. The topological polar surface area (TPSA) is 35.8 Å². The van der Waals surface area contributed by atoms with Crippen LogP contribution in [0.4, 0.5) is 5.69 Å². The van der Waals surface area contributed by atoms with E-state index in [1.165, 1.54) is 12.8 Å². The number of halogens is 1. The van der Waals surface area contributed by atoms with Crippen LogP contribution in [0.5, 0.6) is 0 Å². The zero-order chi connectivity index (χ0) is 11.5. The molecule has 84 valence electrons. The van der Waals surface area contributed by atoms with Crippen LogP contribution in [0.3, 0.4) is 0 Å². The van der Waals surface area contributed by atoms with Crippen molar-refractivity contribution in [2.24, 2.45) is 11.8 Å². The molecule has 1 unspecified atom stereocenters. The minimum absolute atomic E-state index is 0.520. The van der Waals surface area contributed by atoms with E-state index in [-0.39, 0.29) is 0 Å². The highest BCUT2D eigenvalue weighted by Crippen LogP contribution is 2.36. The van der Waals surface area contributed by atoms with Gasteiger partial charge in [0.25, 0.3) is 0 Å². The summed E-state index contributed by atoms with van der Waals surface area (Å²) in [6.45, 7) is 3.25. The zero-order valence-corrected chi connectivity index (χ0v) is 10.1. The summed E-state index contributed by atoms with van der Waals surface area (Å²) >= 11 is 5.96. The molecule has 16 heavy (non-hydrogen) atoms. The lowest BCUT2D eigenvalue weighted by atomic mass is 10.1. The van der Waals surface area contributed by atoms with Crippen molar-refractivity contribution in [2.45, 2.75) is 19.8 Å². The molecule has 1 aromatic rings. The van der Waals surface area contributed by atoms with E-state index >= 15 is 0 Å². The van der Waals surface area contributed by atoms with Gasteiger partial charge in [0.1, 0.15) is 6.07 Å². The lowest BCUT2D eigenvalue weighted by Gasteiger charge is -2.12. The number of anilines is 1. The Morgan fingerprint density at radius 1 is 1.56 bits per heavy atom. The molecule has 0 amide bonds. The van der Waals surface area contributed by atoms with E-state index in [0.717, 1.165) is 24.1 Å². The fourth-order valence-corrected chi connectivity index (χ4v) is 2.05. The molecule has 1 atom stereocenters. The molecule has 0 spiro atoms. The Bertz CT molecular complexity index is 418. The smallest absolute Gasteiger partial charge is 0.101 e. The Morgan fingerprint density at radius 2 is 2.31 bits per heavy atom. The minimum Gasteiger partial charge on any atom is -0.385 e. The van der Waals surface area contributed by atoms with Gasteiger partial charge in [-0.25, -0.2) is 0 Å². The molecule has 1 fully saturated rings. The van der Waals surface area contributed by atoms with Crippen molar-refractivity contribution in [1.29, 1.82) is 5.26 Å². The maximum Gasteiger partial charge on any atom is 0.101 e. The third-order valence-electron chi connectivity index (χ3n) is 3.14. The van der Waals surface area contributed by atoms with Gasteiger partial charge in [-0.15, -0.1) is 0 Å². The van der Waals surface area contributed by atoms with Crippen LogP contribution >= 0.6 is 11.6 Å². The molecule has 1 aliphatic carbocycles. The van der Waals surface area contributed by atoms with Gasteiger partial charge in [-0.1, -0.05) is 18.5 Å². The summed E-state index contributed by atoms with van der Waals surface area (Å²) in [6.07, 6.45) is 2.74. The predicted molar refractivity (Wildman–Crippen MR) is 66.5 cm³/mol. The molecule has 1 N–H and O–H groups in total. The summed E-state index contributed by atoms with van der Waals surface area (Å²) in [5.74, 6) is 1.62. The second-order valence-electron chi connectivity index (χ2n) is 4.50. The Labute approximate surface area is 101 Å². The maximum atomic E-state index is 8.75. The third-order valence-corrected chi connectivity index (χ3v) is 3.46. The minimum atomic E-state index is 0.520. The molecule has 0 bridgehead atoms. The highest BCUT2D eigenvalue weighted by Gasteiger charge is 2.27. The molecule has 3 heteroatoms. The lowest BCUT2D eigenvalue weighted by Crippen LogP contribution is -2.12. The first-order valence-corrected chi connectivity index (χ1v) is 6.02. The number of rotatable bonds is 4. The van der Waals surface area contributed by atoms with Gasteiger partial charge >= 0.3 is 0 Å². The number of nitrogens with one attached hydrogen (secondary N) is 1. The maximum absolute atomic E-state index is 8.75. The number of hydrogen-bond acceptors (Lipinski definition) is 2. The number of benzene rings is 1. The quantitative estimate of drug-likeness (QED) is 0.863. The van der Waals surface area contributed by atoms with Gasteiger partial charge in [-0.2, -0.15) is 5.26 Å². The molecular weight excluding hydrogens is 220 g/mol. The Morgan fingerprint density at radius 3 is 2.88 bits per heavy atom. The van der Waals surface area contributed by atoms with Gasteiger partial charge in [-0.3, -0.25) is 0 Å². The van der Waals surface area contributed by atoms with E-state index < -0.39 is 0 Å². The first kappa shape index (κ1) is 11.3. The van der Waals surface area contributed by atoms with Gasteiger partial charge in [0, 0.05) is 12.2 Å². The monoisotopic (exact) mass is 234 g/mol. The SMILES string of the molecule is CC(CNc1ccc(C#N)c(Cl)c1)C1CC1. The Kier molecular flexibility index (Phi) is 3.36. The fourth-order valence-electron chi connectivity index (χ4n) is 1.83. The van der Waals surface area contributed by atoms with Crippen molar-refractivity contribution < 1.29 is 0 Å². The van der Waals surface area contributed by atoms with Crippen LogP contribution < -0.4 is 5.32 Å². The summed E-state index contributed by atoms with van der Waals surface area (Å²) in [5.41, 5.74) is 1.53.